The maximum Gasteiger partial charge on any atom is 0.319 e. The van der Waals surface area contributed by atoms with Crippen molar-refractivity contribution in [3.8, 4) is 0 Å². The molecule has 5 rings (SSSR count). The Morgan fingerprint density at radius 2 is 1.52 bits per heavy atom. The van der Waals surface area contributed by atoms with Crippen LogP contribution in [-0.4, -0.2) is 44.5 Å². The molecule has 2 aliphatic carbocycles. The number of carbonyl (C=O) groups excluding carboxylic acids is 2. The second-order valence-electron chi connectivity index (χ2n) is 13.7. The highest BCUT2D eigenvalue weighted by atomic mass is 32.2. The molecule has 1 atom stereocenters. The number of urea groups is 1. The molecule has 0 saturated heterocycles. The van der Waals surface area contributed by atoms with Gasteiger partial charge < -0.3 is 21.1 Å². The molecule has 0 aromatic heterocycles. The molecule has 0 aliphatic heterocycles. The van der Waals surface area contributed by atoms with Crippen molar-refractivity contribution in [2.75, 3.05) is 22.7 Å². The Morgan fingerprint density at radius 1 is 0.860 bits per heavy atom. The van der Waals surface area contributed by atoms with Crippen molar-refractivity contribution in [1.82, 2.24) is 10.6 Å². The number of sulfonamides is 1. The third kappa shape index (κ3) is 9.24. The summed E-state index contributed by atoms with van der Waals surface area (Å²) in [5.41, 5.74) is 2.79. The number of carboxylic acids is 1. The number of hydrogen-bond donors (Lipinski definition) is 4. The van der Waals surface area contributed by atoms with Crippen molar-refractivity contribution in [2.45, 2.75) is 89.0 Å². The van der Waals surface area contributed by atoms with E-state index in [2.05, 4.69) is 16.0 Å². The fraction of sp³-hybridized carbons (Fsp3) is 0.462. The van der Waals surface area contributed by atoms with Crippen LogP contribution in [0.4, 0.5) is 16.2 Å². The lowest BCUT2D eigenvalue weighted by Crippen LogP contribution is -2.38. The van der Waals surface area contributed by atoms with Gasteiger partial charge in [0.15, 0.2) is 0 Å². The first-order valence-electron chi connectivity index (χ1n) is 17.9. The maximum atomic E-state index is 13.8. The third-order valence-electron chi connectivity index (χ3n) is 10.4. The van der Waals surface area contributed by atoms with Crippen molar-refractivity contribution in [2.24, 2.45) is 17.8 Å². The number of carboxylic acid groups (broad SMARTS) is 1. The summed E-state index contributed by atoms with van der Waals surface area (Å²) >= 11 is 0. The molecular weight excluding hydrogens is 653 g/mol. The Kier molecular flexibility index (Phi) is 12.6. The topological polar surface area (TPSA) is 145 Å². The molecule has 0 bridgehead atoms. The maximum absolute atomic E-state index is 13.8. The second kappa shape index (κ2) is 17.0. The molecule has 2 saturated carbocycles. The SMILES string of the molecule is CCN(c1ccccc1)S(=O)(=O)c1cc(NC(=O)NC(c2ccc(C(=O)NCCC(=O)O)cc2)[C@H]2CC[C@H](C3CCCCC3)CC2)ccc1C. The molecule has 268 valence electrons. The van der Waals surface area contributed by atoms with E-state index in [9.17, 15) is 22.8 Å². The summed E-state index contributed by atoms with van der Waals surface area (Å²) < 4.78 is 29.0. The van der Waals surface area contributed by atoms with Gasteiger partial charge in [0.25, 0.3) is 15.9 Å². The molecule has 0 spiro atoms. The van der Waals surface area contributed by atoms with E-state index >= 15 is 0 Å². The number of anilines is 2. The summed E-state index contributed by atoms with van der Waals surface area (Å²) in [4.78, 5) is 37.2. The van der Waals surface area contributed by atoms with Gasteiger partial charge in [-0.05, 0) is 105 Å². The van der Waals surface area contributed by atoms with Gasteiger partial charge in [0.2, 0.25) is 0 Å². The van der Waals surface area contributed by atoms with E-state index in [1.807, 2.05) is 18.2 Å². The zero-order valence-corrected chi connectivity index (χ0v) is 29.9. The Labute approximate surface area is 296 Å². The largest absolute Gasteiger partial charge is 0.481 e. The van der Waals surface area contributed by atoms with Crippen LogP contribution in [-0.2, 0) is 14.8 Å². The van der Waals surface area contributed by atoms with Gasteiger partial charge in [0.1, 0.15) is 0 Å². The molecule has 0 radical (unpaired) electrons. The average molecular weight is 703 g/mol. The number of carbonyl (C=O) groups is 3. The van der Waals surface area contributed by atoms with E-state index in [0.29, 0.717) is 28.4 Å². The first kappa shape index (κ1) is 36.9. The van der Waals surface area contributed by atoms with Crippen molar-refractivity contribution in [3.63, 3.8) is 0 Å². The molecule has 1 unspecified atom stereocenters. The fourth-order valence-electron chi connectivity index (χ4n) is 7.72. The Bertz CT molecular complexity index is 1720. The van der Waals surface area contributed by atoms with E-state index in [1.54, 1.807) is 62.4 Å². The van der Waals surface area contributed by atoms with Gasteiger partial charge in [-0.3, -0.25) is 13.9 Å². The molecule has 10 nitrogen and oxygen atoms in total. The summed E-state index contributed by atoms with van der Waals surface area (Å²) in [6, 6.07) is 20.2. The third-order valence-corrected chi connectivity index (χ3v) is 12.4. The number of nitrogens with zero attached hydrogens (tertiary/aromatic N) is 1. The molecule has 2 fully saturated rings. The van der Waals surface area contributed by atoms with Crippen LogP contribution in [0.1, 0.15) is 98.7 Å². The fourth-order valence-corrected chi connectivity index (χ4v) is 9.45. The predicted molar refractivity (Wildman–Crippen MR) is 196 cm³/mol. The lowest BCUT2D eigenvalue weighted by molar-refractivity contribution is -0.136. The molecule has 3 aromatic rings. The second-order valence-corrected chi connectivity index (χ2v) is 15.5. The average Bonchev–Trinajstić information content (AvgIpc) is 3.12. The summed E-state index contributed by atoms with van der Waals surface area (Å²) in [6.07, 6.45) is 10.6. The van der Waals surface area contributed by atoms with E-state index in [4.69, 9.17) is 5.11 Å². The number of rotatable bonds is 13. The number of benzene rings is 3. The minimum Gasteiger partial charge on any atom is -0.481 e. The van der Waals surface area contributed by atoms with Gasteiger partial charge >= 0.3 is 12.0 Å². The molecule has 0 heterocycles. The van der Waals surface area contributed by atoms with Gasteiger partial charge in [-0.25, -0.2) is 13.2 Å². The first-order valence-corrected chi connectivity index (χ1v) is 19.4. The standard InChI is InChI=1S/C39H50N4O6S/c1-3-43(34-12-8-5-9-13-34)50(48,49)35-26-33(23-14-27(35)2)41-39(47)42-37(30-17-15-29(16-18-30)28-10-6-4-7-11-28)31-19-21-32(22-20-31)38(46)40-25-24-36(44)45/h5,8-9,12-14,19-23,26,28-30,37H,3-4,6-7,10-11,15-18,24-25H2,1-2H3,(H,40,46)(H,44,45)(H2,41,42,47)/t29-,30-,37?. The number of aliphatic carboxylic acids is 1. The number of aryl methyl sites for hydroxylation is 1. The van der Waals surface area contributed by atoms with Gasteiger partial charge in [-0.1, -0.05) is 68.5 Å². The minimum absolute atomic E-state index is 0.0370. The normalized spacial score (nSPS) is 18.8. The monoisotopic (exact) mass is 702 g/mol. The summed E-state index contributed by atoms with van der Waals surface area (Å²) in [7, 11) is -3.91. The van der Waals surface area contributed by atoms with Crippen LogP contribution in [0.2, 0.25) is 0 Å². The van der Waals surface area contributed by atoms with E-state index in [1.165, 1.54) is 42.5 Å². The van der Waals surface area contributed by atoms with Gasteiger partial charge in [-0.2, -0.15) is 0 Å². The van der Waals surface area contributed by atoms with Crippen LogP contribution >= 0.6 is 0 Å². The zero-order valence-electron chi connectivity index (χ0n) is 29.1. The smallest absolute Gasteiger partial charge is 0.319 e. The molecule has 2 aliphatic rings. The summed E-state index contributed by atoms with van der Waals surface area (Å²) in [5.74, 6) is 0.353. The zero-order chi connectivity index (χ0) is 35.7. The number of nitrogens with one attached hydrogen (secondary N) is 3. The Hall–Kier alpha value is -4.38. The minimum atomic E-state index is -3.91. The number of hydrogen-bond acceptors (Lipinski definition) is 5. The van der Waals surface area contributed by atoms with E-state index in [-0.39, 0.29) is 42.3 Å². The van der Waals surface area contributed by atoms with E-state index < -0.39 is 22.0 Å². The highest BCUT2D eigenvalue weighted by Crippen LogP contribution is 2.43. The van der Waals surface area contributed by atoms with Gasteiger partial charge in [0.05, 0.1) is 23.0 Å². The van der Waals surface area contributed by atoms with Gasteiger partial charge in [-0.15, -0.1) is 0 Å². The highest BCUT2D eigenvalue weighted by Gasteiger charge is 2.34. The molecule has 50 heavy (non-hydrogen) atoms. The van der Waals surface area contributed by atoms with Crippen LogP contribution in [0.3, 0.4) is 0 Å². The molecule has 3 amide bonds. The van der Waals surface area contributed by atoms with Crippen LogP contribution < -0.4 is 20.3 Å². The molecular formula is C39H50N4O6S. The predicted octanol–water partition coefficient (Wildman–Crippen LogP) is 7.66. The number of amides is 3. The van der Waals surface area contributed by atoms with Crippen molar-refractivity contribution < 1.29 is 27.9 Å². The number of para-hydroxylation sites is 1. The lowest BCUT2D eigenvalue weighted by Gasteiger charge is -2.38. The molecule has 3 aromatic carbocycles. The van der Waals surface area contributed by atoms with Crippen LogP contribution in [0.15, 0.2) is 77.7 Å². The van der Waals surface area contributed by atoms with Crippen molar-refractivity contribution in [1.29, 1.82) is 0 Å². The highest BCUT2D eigenvalue weighted by molar-refractivity contribution is 7.92. The Morgan fingerprint density at radius 3 is 2.16 bits per heavy atom. The lowest BCUT2D eigenvalue weighted by atomic mass is 9.69. The van der Waals surface area contributed by atoms with Crippen LogP contribution in [0, 0.1) is 24.7 Å². The van der Waals surface area contributed by atoms with Crippen molar-refractivity contribution >= 4 is 39.3 Å². The van der Waals surface area contributed by atoms with Gasteiger partial charge in [0, 0.05) is 24.3 Å². The summed E-state index contributed by atoms with van der Waals surface area (Å²) in [5, 5.41) is 17.6. The van der Waals surface area contributed by atoms with Crippen molar-refractivity contribution in [3.05, 3.63) is 89.5 Å². The quantitative estimate of drug-likeness (QED) is 0.144. The van der Waals surface area contributed by atoms with Crippen LogP contribution in [0.5, 0.6) is 0 Å². The molecule has 4 N–H and O–H groups in total. The summed E-state index contributed by atoms with van der Waals surface area (Å²) in [6.45, 7) is 3.81. The van der Waals surface area contributed by atoms with Crippen LogP contribution in [0.25, 0.3) is 0 Å². The Balaban J connectivity index is 1.33. The first-order chi connectivity index (χ1) is 24.1. The van der Waals surface area contributed by atoms with E-state index in [0.717, 1.165) is 37.2 Å². The molecule has 11 heteroatoms.